The number of rotatable bonds is 5. The number of thiazole rings is 1. The van der Waals surface area contributed by atoms with Crippen molar-refractivity contribution in [2.24, 2.45) is 0 Å². The van der Waals surface area contributed by atoms with Gasteiger partial charge in [-0.3, -0.25) is 4.79 Å². The van der Waals surface area contributed by atoms with E-state index < -0.39 is 0 Å². The van der Waals surface area contributed by atoms with E-state index in [0.29, 0.717) is 28.7 Å². The maximum atomic E-state index is 12.3. The zero-order chi connectivity index (χ0) is 14.5. The molecule has 0 aliphatic heterocycles. The highest BCUT2D eigenvalue weighted by atomic mass is 32.1. The van der Waals surface area contributed by atoms with Crippen molar-refractivity contribution in [2.45, 2.75) is 6.54 Å². The molecule has 0 fully saturated rings. The van der Waals surface area contributed by atoms with Crippen LogP contribution in [-0.2, 0) is 6.54 Å². The van der Waals surface area contributed by atoms with Crippen molar-refractivity contribution < 1.29 is 14.3 Å². The zero-order valence-electron chi connectivity index (χ0n) is 11.2. The molecule has 1 heterocycles. The average molecular weight is 293 g/mol. The molecule has 7 heteroatoms. The number of ether oxygens (including phenoxy) is 2. The summed E-state index contributed by atoms with van der Waals surface area (Å²) in [6, 6.07) is 5.17. The van der Waals surface area contributed by atoms with Crippen LogP contribution >= 0.6 is 11.3 Å². The van der Waals surface area contributed by atoms with Crippen LogP contribution < -0.4 is 20.5 Å². The minimum absolute atomic E-state index is 0.286. The minimum atomic E-state index is -0.286. The Morgan fingerprint density at radius 3 is 2.50 bits per heavy atom. The van der Waals surface area contributed by atoms with Crippen molar-refractivity contribution in [3.8, 4) is 11.5 Å². The molecule has 0 saturated carbocycles. The Morgan fingerprint density at radius 1 is 1.35 bits per heavy atom. The molecule has 3 N–H and O–H groups in total. The first-order chi connectivity index (χ1) is 9.65. The van der Waals surface area contributed by atoms with Crippen LogP contribution in [0.25, 0.3) is 0 Å². The summed E-state index contributed by atoms with van der Waals surface area (Å²) in [5, 5.41) is 5.04. The molecule has 0 spiro atoms. The monoisotopic (exact) mass is 293 g/mol. The minimum Gasteiger partial charge on any atom is -0.496 e. The second-order valence-electron chi connectivity index (χ2n) is 3.90. The number of anilines is 1. The molecule has 0 saturated heterocycles. The van der Waals surface area contributed by atoms with E-state index in [0.717, 1.165) is 5.69 Å². The predicted octanol–water partition coefficient (Wildman–Crippen LogP) is 1.67. The molecule has 0 unspecified atom stereocenters. The van der Waals surface area contributed by atoms with Crippen LogP contribution in [0.15, 0.2) is 23.6 Å². The lowest BCUT2D eigenvalue weighted by Gasteiger charge is -2.12. The first-order valence-electron chi connectivity index (χ1n) is 5.84. The van der Waals surface area contributed by atoms with Gasteiger partial charge in [0.25, 0.3) is 5.91 Å². The van der Waals surface area contributed by atoms with Crippen molar-refractivity contribution in [1.29, 1.82) is 0 Å². The standard InChI is InChI=1S/C13H15N3O3S/c1-18-9-4-3-5-10(19-2)11(9)12(17)15-6-8-7-20-13(14)16-8/h3-5,7H,6H2,1-2H3,(H2,14,16)(H,15,17). The first kappa shape index (κ1) is 14.1. The average Bonchev–Trinajstić information content (AvgIpc) is 2.89. The van der Waals surface area contributed by atoms with Crippen LogP contribution in [0.4, 0.5) is 5.13 Å². The summed E-state index contributed by atoms with van der Waals surface area (Å²) in [5.74, 6) is 0.630. The Morgan fingerprint density at radius 2 is 2.00 bits per heavy atom. The Hall–Kier alpha value is -2.28. The molecule has 0 radical (unpaired) electrons. The Balaban J connectivity index is 2.16. The molecule has 1 amide bonds. The van der Waals surface area contributed by atoms with E-state index in [1.54, 1.807) is 23.6 Å². The summed E-state index contributed by atoms with van der Waals surface area (Å²) in [6.07, 6.45) is 0. The number of nitrogen functional groups attached to an aromatic ring is 1. The highest BCUT2D eigenvalue weighted by Crippen LogP contribution is 2.28. The van der Waals surface area contributed by atoms with E-state index >= 15 is 0 Å². The van der Waals surface area contributed by atoms with Crippen LogP contribution in [0.1, 0.15) is 16.1 Å². The smallest absolute Gasteiger partial charge is 0.259 e. The highest BCUT2D eigenvalue weighted by molar-refractivity contribution is 7.13. The largest absolute Gasteiger partial charge is 0.496 e. The molecule has 106 valence electrons. The molecule has 0 aliphatic rings. The zero-order valence-corrected chi connectivity index (χ0v) is 12.0. The van der Waals surface area contributed by atoms with Crippen LogP contribution in [0, 0.1) is 0 Å². The van der Waals surface area contributed by atoms with E-state index in [9.17, 15) is 4.79 Å². The van der Waals surface area contributed by atoms with Gasteiger partial charge in [-0.05, 0) is 12.1 Å². The number of carbonyl (C=O) groups is 1. The number of hydrogen-bond acceptors (Lipinski definition) is 6. The normalized spacial score (nSPS) is 10.1. The van der Waals surface area contributed by atoms with Crippen molar-refractivity contribution in [2.75, 3.05) is 20.0 Å². The topological polar surface area (TPSA) is 86.5 Å². The van der Waals surface area contributed by atoms with Gasteiger partial charge in [0, 0.05) is 5.38 Å². The number of nitrogens with zero attached hydrogens (tertiary/aromatic N) is 1. The fourth-order valence-corrected chi connectivity index (χ4v) is 2.30. The number of amides is 1. The third-order valence-electron chi connectivity index (χ3n) is 2.65. The second-order valence-corrected chi connectivity index (χ2v) is 4.79. The molecule has 6 nitrogen and oxygen atoms in total. The molecular weight excluding hydrogens is 278 g/mol. The summed E-state index contributed by atoms with van der Waals surface area (Å²) in [7, 11) is 3.01. The lowest BCUT2D eigenvalue weighted by molar-refractivity contribution is 0.0944. The van der Waals surface area contributed by atoms with Gasteiger partial charge in [0.2, 0.25) is 0 Å². The lowest BCUT2D eigenvalue weighted by atomic mass is 10.1. The van der Waals surface area contributed by atoms with Crippen LogP contribution in [-0.4, -0.2) is 25.1 Å². The Bertz CT molecular complexity index is 590. The van der Waals surface area contributed by atoms with E-state index in [2.05, 4.69) is 10.3 Å². The van der Waals surface area contributed by atoms with Crippen LogP contribution in [0.5, 0.6) is 11.5 Å². The second kappa shape index (κ2) is 6.25. The number of aromatic nitrogens is 1. The summed E-state index contributed by atoms with van der Waals surface area (Å²) in [5.41, 5.74) is 6.62. The van der Waals surface area contributed by atoms with Crippen molar-refractivity contribution in [1.82, 2.24) is 10.3 Å². The van der Waals surface area contributed by atoms with Gasteiger partial charge in [-0.25, -0.2) is 4.98 Å². The number of benzene rings is 1. The van der Waals surface area contributed by atoms with Gasteiger partial charge in [0.15, 0.2) is 5.13 Å². The van der Waals surface area contributed by atoms with Gasteiger partial charge >= 0.3 is 0 Å². The molecule has 1 aromatic carbocycles. The van der Waals surface area contributed by atoms with Crippen LogP contribution in [0.3, 0.4) is 0 Å². The fraction of sp³-hybridized carbons (Fsp3) is 0.231. The quantitative estimate of drug-likeness (QED) is 0.875. The van der Waals surface area contributed by atoms with Gasteiger partial charge in [-0.15, -0.1) is 11.3 Å². The molecule has 0 bridgehead atoms. The molecule has 2 aromatic rings. The first-order valence-corrected chi connectivity index (χ1v) is 6.72. The maximum absolute atomic E-state index is 12.3. The summed E-state index contributed by atoms with van der Waals surface area (Å²) in [6.45, 7) is 0.299. The summed E-state index contributed by atoms with van der Waals surface area (Å²) in [4.78, 5) is 16.3. The lowest BCUT2D eigenvalue weighted by Crippen LogP contribution is -2.24. The molecule has 0 aliphatic carbocycles. The van der Waals surface area contributed by atoms with Gasteiger partial charge in [-0.2, -0.15) is 0 Å². The number of methoxy groups -OCH3 is 2. The van der Waals surface area contributed by atoms with Crippen molar-refractivity contribution >= 4 is 22.4 Å². The van der Waals surface area contributed by atoms with Gasteiger partial charge in [0.1, 0.15) is 17.1 Å². The fourth-order valence-electron chi connectivity index (χ4n) is 1.74. The molecular formula is C13H15N3O3S. The van der Waals surface area contributed by atoms with E-state index in [1.807, 2.05) is 0 Å². The number of nitrogens with two attached hydrogens (primary N) is 1. The Labute approximate surface area is 120 Å². The maximum Gasteiger partial charge on any atom is 0.259 e. The highest BCUT2D eigenvalue weighted by Gasteiger charge is 2.18. The molecule has 1 aromatic heterocycles. The van der Waals surface area contributed by atoms with Gasteiger partial charge in [-0.1, -0.05) is 6.07 Å². The number of hydrogen-bond donors (Lipinski definition) is 2. The van der Waals surface area contributed by atoms with Crippen molar-refractivity contribution in [3.05, 3.63) is 34.8 Å². The predicted molar refractivity (Wildman–Crippen MR) is 77.2 cm³/mol. The van der Waals surface area contributed by atoms with Crippen LogP contribution in [0.2, 0.25) is 0 Å². The SMILES string of the molecule is COc1cccc(OC)c1C(=O)NCc1csc(N)n1. The van der Waals surface area contributed by atoms with Gasteiger partial charge < -0.3 is 20.5 Å². The molecule has 0 atom stereocenters. The third-order valence-corrected chi connectivity index (χ3v) is 3.38. The van der Waals surface area contributed by atoms with E-state index in [-0.39, 0.29) is 5.91 Å². The summed E-state index contributed by atoms with van der Waals surface area (Å²) < 4.78 is 10.4. The number of nitrogens with one attached hydrogen (secondary N) is 1. The summed E-state index contributed by atoms with van der Waals surface area (Å²) >= 11 is 1.33. The third kappa shape index (κ3) is 3.00. The van der Waals surface area contributed by atoms with E-state index in [1.165, 1.54) is 25.6 Å². The number of carbonyl (C=O) groups excluding carboxylic acids is 1. The Kier molecular flexibility index (Phi) is 4.41. The van der Waals surface area contributed by atoms with E-state index in [4.69, 9.17) is 15.2 Å². The van der Waals surface area contributed by atoms with Crippen molar-refractivity contribution in [3.63, 3.8) is 0 Å². The molecule has 2 rings (SSSR count). The molecule has 20 heavy (non-hydrogen) atoms. The van der Waals surface area contributed by atoms with Gasteiger partial charge in [0.05, 0.1) is 26.5 Å².